The van der Waals surface area contributed by atoms with Crippen molar-refractivity contribution in [3.05, 3.63) is 58.8 Å². The maximum absolute atomic E-state index is 12.6. The molecule has 1 aromatic rings. The van der Waals surface area contributed by atoms with E-state index in [1.165, 1.54) is 28.5 Å². The number of carbonyl (C=O) groups is 1. The molecule has 1 atom stereocenters. The van der Waals surface area contributed by atoms with Crippen molar-refractivity contribution in [2.45, 2.75) is 65.6 Å². The summed E-state index contributed by atoms with van der Waals surface area (Å²) < 4.78 is 37.8. The third-order valence-electron chi connectivity index (χ3n) is 4.67. The average Bonchev–Trinajstić information content (AvgIpc) is 2.69. The summed E-state index contributed by atoms with van der Waals surface area (Å²) in [5.41, 5.74) is 3.10. The molecule has 0 aliphatic rings. The van der Waals surface area contributed by atoms with Crippen LogP contribution in [0.3, 0.4) is 0 Å². The smallest absolute Gasteiger partial charge is 0.417 e. The van der Waals surface area contributed by atoms with Crippen LogP contribution in [0.1, 0.15) is 58.9 Å². The van der Waals surface area contributed by atoms with Gasteiger partial charge in [-0.2, -0.15) is 24.9 Å². The average molecular weight is 471 g/mol. The Morgan fingerprint density at radius 3 is 2.25 bits per heavy atom. The Morgan fingerprint density at radius 2 is 1.72 bits per heavy atom. The van der Waals surface area contributed by atoms with Gasteiger partial charge in [0.15, 0.2) is 0 Å². The highest BCUT2D eigenvalue weighted by Crippen LogP contribution is 2.29. The molecule has 1 aromatic heterocycles. The fourth-order valence-corrected chi connectivity index (χ4v) is 3.73. The molecule has 8 heteroatoms. The van der Waals surface area contributed by atoms with Crippen molar-refractivity contribution >= 4 is 23.5 Å². The lowest BCUT2D eigenvalue weighted by molar-refractivity contribution is -0.138. The summed E-state index contributed by atoms with van der Waals surface area (Å²) in [5, 5.41) is 12.1. The number of aromatic nitrogens is 1. The first-order valence-electron chi connectivity index (χ1n) is 10.5. The van der Waals surface area contributed by atoms with Crippen molar-refractivity contribution in [1.82, 2.24) is 4.98 Å². The SMILES string of the molecule is CC(C)=CCCC(C)=CCCC(C)=CCSCC(Nc1ccc(C(F)(F)F)cn1)C(=O)O. The van der Waals surface area contributed by atoms with Gasteiger partial charge in [-0.15, -0.1) is 0 Å². The standard InChI is InChI=1S/C24H33F3N2O2S/c1-17(2)7-5-8-18(3)9-6-10-19(4)13-14-32-16-21(23(30)31)29-22-12-11-20(15-28-22)24(25,26)27/h7,9,11-13,15,21H,5-6,8,10,14,16H2,1-4H3,(H,28,29)(H,30,31). The Kier molecular flexibility index (Phi) is 12.2. The van der Waals surface area contributed by atoms with Crippen LogP contribution in [0.5, 0.6) is 0 Å². The lowest BCUT2D eigenvalue weighted by atomic mass is 10.1. The minimum Gasteiger partial charge on any atom is -0.480 e. The number of carboxylic acids is 1. The largest absolute Gasteiger partial charge is 0.480 e. The maximum Gasteiger partial charge on any atom is 0.417 e. The molecule has 1 rings (SSSR count). The fourth-order valence-electron chi connectivity index (χ4n) is 2.73. The van der Waals surface area contributed by atoms with Gasteiger partial charge >= 0.3 is 12.1 Å². The Hall–Kier alpha value is -2.22. The van der Waals surface area contributed by atoms with E-state index in [2.05, 4.69) is 56.2 Å². The van der Waals surface area contributed by atoms with Crippen LogP contribution < -0.4 is 5.32 Å². The molecule has 0 saturated heterocycles. The Labute approximate surface area is 193 Å². The van der Waals surface area contributed by atoms with Gasteiger partial charge in [-0.1, -0.05) is 34.9 Å². The van der Waals surface area contributed by atoms with Crippen molar-refractivity contribution < 1.29 is 23.1 Å². The molecule has 32 heavy (non-hydrogen) atoms. The first kappa shape index (κ1) is 27.8. The van der Waals surface area contributed by atoms with E-state index in [4.69, 9.17) is 0 Å². The van der Waals surface area contributed by atoms with Crippen molar-refractivity contribution in [2.75, 3.05) is 16.8 Å². The van der Waals surface area contributed by atoms with E-state index in [0.717, 1.165) is 37.8 Å². The molecule has 0 saturated carbocycles. The molecule has 4 nitrogen and oxygen atoms in total. The van der Waals surface area contributed by atoms with E-state index in [0.29, 0.717) is 11.9 Å². The highest BCUT2D eigenvalue weighted by Gasteiger charge is 2.30. The molecule has 0 aliphatic heterocycles. The summed E-state index contributed by atoms with van der Waals surface area (Å²) in [4.78, 5) is 15.1. The molecule has 1 heterocycles. The number of thioether (sulfide) groups is 1. The molecule has 2 N–H and O–H groups in total. The number of carboxylic acid groups (broad SMARTS) is 1. The quantitative estimate of drug-likeness (QED) is 0.237. The van der Waals surface area contributed by atoms with E-state index in [1.54, 1.807) is 0 Å². The third-order valence-corrected chi connectivity index (χ3v) is 5.64. The van der Waals surface area contributed by atoms with Crippen LogP contribution in [-0.2, 0) is 11.0 Å². The number of halogens is 3. The Balaban J connectivity index is 2.42. The second-order valence-corrected chi connectivity index (χ2v) is 9.04. The number of hydrogen-bond donors (Lipinski definition) is 2. The zero-order valence-electron chi connectivity index (χ0n) is 19.1. The number of pyridine rings is 1. The first-order valence-corrected chi connectivity index (χ1v) is 11.7. The van der Waals surface area contributed by atoms with Crippen molar-refractivity contribution in [3.63, 3.8) is 0 Å². The summed E-state index contributed by atoms with van der Waals surface area (Å²) in [5.74, 6) is -0.0373. The number of nitrogens with one attached hydrogen (secondary N) is 1. The summed E-state index contributed by atoms with van der Waals surface area (Å²) in [6.45, 7) is 8.42. The zero-order chi connectivity index (χ0) is 24.1. The molecular formula is C24H33F3N2O2S. The van der Waals surface area contributed by atoms with Gasteiger partial charge in [0, 0.05) is 17.7 Å². The van der Waals surface area contributed by atoms with Crippen LogP contribution in [0.4, 0.5) is 19.0 Å². The first-order chi connectivity index (χ1) is 15.0. The van der Waals surface area contributed by atoms with Gasteiger partial charge < -0.3 is 10.4 Å². The maximum atomic E-state index is 12.6. The van der Waals surface area contributed by atoms with Gasteiger partial charge in [0.25, 0.3) is 0 Å². The molecule has 0 fully saturated rings. The van der Waals surface area contributed by atoms with Gasteiger partial charge in [-0.05, 0) is 65.5 Å². The number of rotatable bonds is 13. The number of anilines is 1. The van der Waals surface area contributed by atoms with Crippen LogP contribution in [-0.4, -0.2) is 33.6 Å². The predicted octanol–water partition coefficient (Wildman–Crippen LogP) is 7.12. The molecule has 1 unspecified atom stereocenters. The molecule has 0 amide bonds. The van der Waals surface area contributed by atoms with E-state index in [1.807, 2.05) is 0 Å². The van der Waals surface area contributed by atoms with E-state index in [9.17, 15) is 23.1 Å². The van der Waals surface area contributed by atoms with Gasteiger partial charge in [0.05, 0.1) is 5.56 Å². The molecule has 0 spiro atoms. The van der Waals surface area contributed by atoms with E-state index >= 15 is 0 Å². The molecule has 178 valence electrons. The van der Waals surface area contributed by atoms with Crippen LogP contribution in [0.2, 0.25) is 0 Å². The number of allylic oxidation sites excluding steroid dienone is 5. The lowest BCUT2D eigenvalue weighted by Gasteiger charge is -2.15. The second kappa shape index (κ2) is 14.0. The normalized spacial score (nSPS) is 13.6. The van der Waals surface area contributed by atoms with E-state index in [-0.39, 0.29) is 11.6 Å². The van der Waals surface area contributed by atoms with Crippen molar-refractivity contribution in [2.24, 2.45) is 0 Å². The molecule has 0 radical (unpaired) electrons. The molecule has 0 bridgehead atoms. The van der Waals surface area contributed by atoms with Crippen molar-refractivity contribution in [1.29, 1.82) is 0 Å². The fraction of sp³-hybridized carbons (Fsp3) is 0.500. The number of nitrogens with zero attached hydrogens (tertiary/aromatic N) is 1. The highest BCUT2D eigenvalue weighted by atomic mass is 32.2. The number of hydrogen-bond acceptors (Lipinski definition) is 4. The summed E-state index contributed by atoms with van der Waals surface area (Å²) in [6, 6.07) is 1.08. The Bertz CT molecular complexity index is 812. The molecule has 0 aromatic carbocycles. The minimum absolute atomic E-state index is 0.101. The van der Waals surface area contributed by atoms with Gasteiger partial charge in [-0.3, -0.25) is 0 Å². The van der Waals surface area contributed by atoms with Crippen LogP contribution in [0.25, 0.3) is 0 Å². The van der Waals surface area contributed by atoms with Crippen molar-refractivity contribution in [3.8, 4) is 0 Å². The van der Waals surface area contributed by atoms with Crippen LogP contribution in [0, 0.1) is 0 Å². The number of alkyl halides is 3. The summed E-state index contributed by atoms with van der Waals surface area (Å²) >= 11 is 1.45. The van der Waals surface area contributed by atoms with Crippen LogP contribution >= 0.6 is 11.8 Å². The summed E-state index contributed by atoms with van der Waals surface area (Å²) in [6.07, 6.45) is 6.89. The van der Waals surface area contributed by atoms with Gasteiger partial charge in [-0.25, -0.2) is 9.78 Å². The zero-order valence-corrected chi connectivity index (χ0v) is 19.9. The molecule has 0 aliphatic carbocycles. The third kappa shape index (κ3) is 12.0. The lowest BCUT2D eigenvalue weighted by Crippen LogP contribution is -2.32. The predicted molar refractivity (Wildman–Crippen MR) is 127 cm³/mol. The summed E-state index contributed by atoms with van der Waals surface area (Å²) in [7, 11) is 0. The van der Waals surface area contributed by atoms with E-state index < -0.39 is 23.8 Å². The topological polar surface area (TPSA) is 62.2 Å². The second-order valence-electron chi connectivity index (χ2n) is 7.96. The van der Waals surface area contributed by atoms with Crippen LogP contribution in [0.15, 0.2) is 53.3 Å². The van der Waals surface area contributed by atoms with Gasteiger partial charge in [0.2, 0.25) is 0 Å². The molecular weight excluding hydrogens is 437 g/mol. The van der Waals surface area contributed by atoms with Gasteiger partial charge in [0.1, 0.15) is 11.9 Å². The highest BCUT2D eigenvalue weighted by molar-refractivity contribution is 7.99. The monoisotopic (exact) mass is 470 g/mol. The Morgan fingerprint density at radius 1 is 1.09 bits per heavy atom. The minimum atomic E-state index is -4.47. The number of aliphatic carboxylic acids is 1.